The molecule has 0 unspecified atom stereocenters. The molecule has 3 rings (SSSR count). The molecule has 2 aliphatic rings. The lowest BCUT2D eigenvalue weighted by atomic mass is 9.96. The molecule has 2 saturated carbocycles. The molecular weight excluding hydrogens is 238 g/mol. The van der Waals surface area contributed by atoms with Crippen LogP contribution < -0.4 is 10.1 Å². The zero-order valence-electron chi connectivity index (χ0n) is 11.4. The first-order valence-electron chi connectivity index (χ1n) is 7.26. The maximum absolute atomic E-state index is 11.8. The van der Waals surface area contributed by atoms with Crippen LogP contribution in [0.15, 0.2) is 24.3 Å². The third kappa shape index (κ3) is 2.91. The van der Waals surface area contributed by atoms with E-state index in [-0.39, 0.29) is 11.8 Å². The molecule has 0 aliphatic heterocycles. The maximum Gasteiger partial charge on any atom is 0.223 e. The standard InChI is InChI=1S/C16H21NO2/c1-11-9-14(11)16(18)17-10-12-5-2-3-8-15(12)19-13-6-4-7-13/h2-3,5,8,11,13-14H,4,6-7,9-10H2,1H3,(H,17,18)/t11-,14+/m1/s1. The van der Waals surface area contributed by atoms with Crippen LogP contribution in [-0.2, 0) is 11.3 Å². The molecule has 0 aromatic heterocycles. The van der Waals surface area contributed by atoms with E-state index < -0.39 is 0 Å². The average molecular weight is 259 g/mol. The van der Waals surface area contributed by atoms with Gasteiger partial charge in [0.05, 0.1) is 6.10 Å². The molecule has 2 fully saturated rings. The summed E-state index contributed by atoms with van der Waals surface area (Å²) >= 11 is 0. The molecule has 1 N–H and O–H groups in total. The van der Waals surface area contributed by atoms with Gasteiger partial charge in [0.1, 0.15) is 5.75 Å². The van der Waals surface area contributed by atoms with E-state index in [2.05, 4.69) is 12.2 Å². The van der Waals surface area contributed by atoms with Crippen LogP contribution in [0.2, 0.25) is 0 Å². The molecule has 0 bridgehead atoms. The SMILES string of the molecule is C[C@@H]1C[C@@H]1C(=O)NCc1ccccc1OC1CCC1. The Morgan fingerprint density at radius 1 is 1.37 bits per heavy atom. The molecule has 1 aromatic carbocycles. The van der Waals surface area contributed by atoms with E-state index in [1.165, 1.54) is 6.42 Å². The summed E-state index contributed by atoms with van der Waals surface area (Å²) in [4.78, 5) is 11.8. The van der Waals surface area contributed by atoms with Crippen LogP contribution in [0, 0.1) is 11.8 Å². The van der Waals surface area contributed by atoms with E-state index in [0.29, 0.717) is 18.6 Å². The highest BCUT2D eigenvalue weighted by Gasteiger charge is 2.38. The number of rotatable bonds is 5. The van der Waals surface area contributed by atoms with E-state index in [1.807, 2.05) is 24.3 Å². The molecule has 1 amide bonds. The highest BCUT2D eigenvalue weighted by atomic mass is 16.5. The lowest BCUT2D eigenvalue weighted by molar-refractivity contribution is -0.122. The van der Waals surface area contributed by atoms with E-state index >= 15 is 0 Å². The van der Waals surface area contributed by atoms with Crippen molar-refractivity contribution in [2.45, 2.75) is 45.3 Å². The lowest BCUT2D eigenvalue weighted by Crippen LogP contribution is -2.27. The van der Waals surface area contributed by atoms with Gasteiger partial charge in [-0.2, -0.15) is 0 Å². The Morgan fingerprint density at radius 3 is 2.74 bits per heavy atom. The van der Waals surface area contributed by atoms with Crippen LogP contribution in [0.3, 0.4) is 0 Å². The van der Waals surface area contributed by atoms with Gasteiger partial charge in [-0.25, -0.2) is 0 Å². The number of ether oxygens (including phenoxy) is 1. The maximum atomic E-state index is 11.8. The Morgan fingerprint density at radius 2 is 2.11 bits per heavy atom. The van der Waals surface area contributed by atoms with Gasteiger partial charge in [-0.15, -0.1) is 0 Å². The van der Waals surface area contributed by atoms with Gasteiger partial charge in [-0.1, -0.05) is 25.1 Å². The van der Waals surface area contributed by atoms with Crippen LogP contribution in [0.1, 0.15) is 38.2 Å². The number of carbonyl (C=O) groups excluding carboxylic acids is 1. The molecule has 19 heavy (non-hydrogen) atoms. The van der Waals surface area contributed by atoms with Crippen molar-refractivity contribution >= 4 is 5.91 Å². The fourth-order valence-corrected chi connectivity index (χ4v) is 2.43. The van der Waals surface area contributed by atoms with Crippen molar-refractivity contribution in [2.75, 3.05) is 0 Å². The molecular formula is C16H21NO2. The molecule has 0 saturated heterocycles. The van der Waals surface area contributed by atoms with Crippen LogP contribution in [0.4, 0.5) is 0 Å². The van der Waals surface area contributed by atoms with Crippen molar-refractivity contribution in [1.29, 1.82) is 0 Å². The minimum absolute atomic E-state index is 0.186. The largest absolute Gasteiger partial charge is 0.490 e. The summed E-state index contributed by atoms with van der Waals surface area (Å²) in [7, 11) is 0. The van der Waals surface area contributed by atoms with Crippen molar-refractivity contribution < 1.29 is 9.53 Å². The first-order valence-corrected chi connectivity index (χ1v) is 7.26. The minimum Gasteiger partial charge on any atom is -0.490 e. The second kappa shape index (κ2) is 5.24. The van der Waals surface area contributed by atoms with Gasteiger partial charge in [0.2, 0.25) is 5.91 Å². The number of amides is 1. The average Bonchev–Trinajstić information content (AvgIpc) is 3.09. The number of carbonyl (C=O) groups is 1. The predicted molar refractivity (Wildman–Crippen MR) is 73.8 cm³/mol. The summed E-state index contributed by atoms with van der Waals surface area (Å²) in [5.41, 5.74) is 1.08. The van der Waals surface area contributed by atoms with Crippen LogP contribution in [0.25, 0.3) is 0 Å². The summed E-state index contributed by atoms with van der Waals surface area (Å²) in [6.07, 6.45) is 4.98. The van der Waals surface area contributed by atoms with Gasteiger partial charge in [0, 0.05) is 18.0 Å². The van der Waals surface area contributed by atoms with E-state index in [0.717, 1.165) is 30.6 Å². The molecule has 3 nitrogen and oxygen atoms in total. The molecule has 3 heteroatoms. The normalized spacial score (nSPS) is 25.5. The monoisotopic (exact) mass is 259 g/mol. The van der Waals surface area contributed by atoms with Crippen LogP contribution in [0.5, 0.6) is 5.75 Å². The Hall–Kier alpha value is -1.51. The highest BCUT2D eigenvalue weighted by Crippen LogP contribution is 2.37. The number of hydrogen-bond acceptors (Lipinski definition) is 2. The third-order valence-corrected chi connectivity index (χ3v) is 4.22. The number of benzene rings is 1. The Labute approximate surface area is 114 Å². The lowest BCUT2D eigenvalue weighted by Gasteiger charge is -2.27. The summed E-state index contributed by atoms with van der Waals surface area (Å²) in [6, 6.07) is 8.02. The van der Waals surface area contributed by atoms with E-state index in [4.69, 9.17) is 4.74 Å². The fourth-order valence-electron chi connectivity index (χ4n) is 2.43. The van der Waals surface area contributed by atoms with E-state index in [9.17, 15) is 4.79 Å². The Balaban J connectivity index is 1.58. The van der Waals surface area contributed by atoms with Crippen molar-refractivity contribution in [3.05, 3.63) is 29.8 Å². The van der Waals surface area contributed by atoms with Crippen LogP contribution in [-0.4, -0.2) is 12.0 Å². The third-order valence-electron chi connectivity index (χ3n) is 4.22. The molecule has 2 atom stereocenters. The van der Waals surface area contributed by atoms with Gasteiger partial charge in [0.15, 0.2) is 0 Å². The first kappa shape index (κ1) is 12.5. The zero-order valence-corrected chi connectivity index (χ0v) is 11.4. The zero-order chi connectivity index (χ0) is 13.2. The molecule has 0 radical (unpaired) electrons. The Kier molecular flexibility index (Phi) is 3.45. The van der Waals surface area contributed by atoms with Gasteiger partial charge >= 0.3 is 0 Å². The molecule has 0 spiro atoms. The highest BCUT2D eigenvalue weighted by molar-refractivity contribution is 5.81. The summed E-state index contributed by atoms with van der Waals surface area (Å²) < 4.78 is 5.96. The van der Waals surface area contributed by atoms with Crippen molar-refractivity contribution in [3.63, 3.8) is 0 Å². The van der Waals surface area contributed by atoms with Gasteiger partial charge in [-0.3, -0.25) is 4.79 Å². The number of hydrogen-bond donors (Lipinski definition) is 1. The summed E-state index contributed by atoms with van der Waals surface area (Å²) in [5, 5.41) is 3.02. The van der Waals surface area contributed by atoms with Crippen LogP contribution >= 0.6 is 0 Å². The van der Waals surface area contributed by atoms with Crippen molar-refractivity contribution in [2.24, 2.45) is 11.8 Å². The predicted octanol–water partition coefficient (Wildman–Crippen LogP) is 2.89. The summed E-state index contributed by atoms with van der Waals surface area (Å²) in [6.45, 7) is 2.70. The smallest absolute Gasteiger partial charge is 0.223 e. The molecule has 0 heterocycles. The number of nitrogens with one attached hydrogen (secondary N) is 1. The van der Waals surface area contributed by atoms with E-state index in [1.54, 1.807) is 0 Å². The van der Waals surface area contributed by atoms with Gasteiger partial charge in [0.25, 0.3) is 0 Å². The molecule has 2 aliphatic carbocycles. The topological polar surface area (TPSA) is 38.3 Å². The quantitative estimate of drug-likeness (QED) is 0.883. The Bertz CT molecular complexity index is 468. The second-order valence-electron chi connectivity index (χ2n) is 5.82. The fraction of sp³-hybridized carbons (Fsp3) is 0.562. The summed E-state index contributed by atoms with van der Waals surface area (Å²) in [5.74, 6) is 1.91. The van der Waals surface area contributed by atoms with Gasteiger partial charge < -0.3 is 10.1 Å². The molecule has 1 aromatic rings. The van der Waals surface area contributed by atoms with Crippen molar-refractivity contribution in [1.82, 2.24) is 5.32 Å². The minimum atomic E-state index is 0.186. The van der Waals surface area contributed by atoms with Gasteiger partial charge in [-0.05, 0) is 37.7 Å². The van der Waals surface area contributed by atoms with Crippen molar-refractivity contribution in [3.8, 4) is 5.75 Å². The second-order valence-corrected chi connectivity index (χ2v) is 5.82. The number of para-hydroxylation sites is 1. The molecule has 102 valence electrons. The first-order chi connectivity index (χ1) is 9.24.